The van der Waals surface area contributed by atoms with Crippen molar-refractivity contribution < 1.29 is 0 Å². The number of aromatic nitrogens is 3. The van der Waals surface area contributed by atoms with E-state index in [4.69, 9.17) is 5.73 Å². The van der Waals surface area contributed by atoms with Gasteiger partial charge in [-0.2, -0.15) is 0 Å². The Hall–Kier alpha value is -1.63. The monoisotopic (exact) mass is 253 g/mol. The third kappa shape index (κ3) is 2.61. The molecule has 5 N–H and O–H groups in total. The molecule has 18 heavy (non-hydrogen) atoms. The molecular weight excluding hydrogens is 234 g/mol. The fraction of sp³-hybridized carbons (Fsp3) is 0.727. The van der Waals surface area contributed by atoms with Crippen LogP contribution in [-0.2, 0) is 0 Å². The van der Waals surface area contributed by atoms with E-state index in [9.17, 15) is 9.59 Å². The van der Waals surface area contributed by atoms with Crippen LogP contribution in [-0.4, -0.2) is 27.3 Å². The van der Waals surface area contributed by atoms with Gasteiger partial charge in [0.15, 0.2) is 0 Å². The molecule has 1 aromatic rings. The molecule has 100 valence electrons. The average Bonchev–Trinajstić information content (AvgIpc) is 2.33. The van der Waals surface area contributed by atoms with Gasteiger partial charge in [0.2, 0.25) is 5.82 Å². The SMILES string of the molecule is CC1CCCC(CN)(Nc2n[nH]c(=O)[nH]c2=O)C1. The topological polar surface area (TPSA) is 117 Å². The standard InChI is InChI=1S/C11H19N5O2/c1-7-3-2-4-11(5-7,6-12)14-8-9(17)13-10(18)16-15-8/h7H,2-6,12H2,1H3,(H,14,15)(H2,13,16,17,18). The summed E-state index contributed by atoms with van der Waals surface area (Å²) < 4.78 is 0. The first-order chi connectivity index (χ1) is 8.54. The van der Waals surface area contributed by atoms with Crippen molar-refractivity contribution in [3.8, 4) is 0 Å². The van der Waals surface area contributed by atoms with E-state index < -0.39 is 11.2 Å². The molecule has 2 atom stereocenters. The van der Waals surface area contributed by atoms with Crippen LogP contribution in [0.25, 0.3) is 0 Å². The summed E-state index contributed by atoms with van der Waals surface area (Å²) in [5, 5.41) is 9.08. The zero-order valence-corrected chi connectivity index (χ0v) is 10.5. The Morgan fingerprint density at radius 3 is 2.94 bits per heavy atom. The van der Waals surface area contributed by atoms with Gasteiger partial charge in [0.25, 0.3) is 5.56 Å². The molecule has 1 aromatic heterocycles. The largest absolute Gasteiger partial charge is 0.357 e. The van der Waals surface area contributed by atoms with Gasteiger partial charge in [-0.1, -0.05) is 19.8 Å². The molecular formula is C11H19N5O2. The van der Waals surface area contributed by atoms with Crippen LogP contribution >= 0.6 is 0 Å². The Balaban J connectivity index is 2.24. The van der Waals surface area contributed by atoms with E-state index in [-0.39, 0.29) is 11.4 Å². The van der Waals surface area contributed by atoms with Crippen molar-refractivity contribution in [2.75, 3.05) is 11.9 Å². The lowest BCUT2D eigenvalue weighted by Crippen LogP contribution is -2.50. The number of aromatic amines is 2. The number of hydrogen-bond donors (Lipinski definition) is 4. The maximum atomic E-state index is 11.6. The van der Waals surface area contributed by atoms with Gasteiger partial charge in [-0.3, -0.25) is 9.78 Å². The molecule has 1 heterocycles. The van der Waals surface area contributed by atoms with Crippen molar-refractivity contribution in [1.82, 2.24) is 15.2 Å². The quantitative estimate of drug-likeness (QED) is 0.594. The number of H-pyrrole nitrogens is 2. The molecule has 1 aliphatic carbocycles. The van der Waals surface area contributed by atoms with E-state index in [0.717, 1.165) is 19.3 Å². The number of nitrogens with one attached hydrogen (secondary N) is 3. The molecule has 2 unspecified atom stereocenters. The van der Waals surface area contributed by atoms with Gasteiger partial charge in [-0.25, -0.2) is 9.89 Å². The smallest absolute Gasteiger partial charge is 0.342 e. The summed E-state index contributed by atoms with van der Waals surface area (Å²) in [6.45, 7) is 2.62. The minimum atomic E-state index is -0.607. The molecule has 0 aliphatic heterocycles. The summed E-state index contributed by atoms with van der Waals surface area (Å²) in [7, 11) is 0. The van der Waals surface area contributed by atoms with E-state index in [2.05, 4.69) is 27.4 Å². The van der Waals surface area contributed by atoms with Crippen LogP contribution in [0.1, 0.15) is 32.6 Å². The molecule has 1 aliphatic rings. The van der Waals surface area contributed by atoms with Crippen LogP contribution in [0.2, 0.25) is 0 Å². The van der Waals surface area contributed by atoms with Gasteiger partial charge in [0.1, 0.15) is 0 Å². The van der Waals surface area contributed by atoms with Gasteiger partial charge < -0.3 is 11.1 Å². The fourth-order valence-corrected chi connectivity index (χ4v) is 2.69. The predicted molar refractivity (Wildman–Crippen MR) is 68.5 cm³/mol. The number of nitrogens with two attached hydrogens (primary N) is 1. The summed E-state index contributed by atoms with van der Waals surface area (Å²) in [4.78, 5) is 24.7. The normalized spacial score (nSPS) is 28.0. The van der Waals surface area contributed by atoms with Gasteiger partial charge in [-0.05, 0) is 18.8 Å². The predicted octanol–water partition coefficient (Wildman–Crippen LogP) is -0.222. The summed E-state index contributed by atoms with van der Waals surface area (Å²) in [6, 6.07) is 0. The third-order valence-electron chi connectivity index (χ3n) is 3.58. The number of anilines is 1. The van der Waals surface area contributed by atoms with Gasteiger partial charge >= 0.3 is 5.69 Å². The molecule has 7 heteroatoms. The lowest BCUT2D eigenvalue weighted by Gasteiger charge is -2.39. The highest BCUT2D eigenvalue weighted by Gasteiger charge is 2.34. The Morgan fingerprint density at radius 1 is 1.56 bits per heavy atom. The molecule has 1 fully saturated rings. The van der Waals surface area contributed by atoms with Crippen molar-refractivity contribution in [2.45, 2.75) is 38.1 Å². The van der Waals surface area contributed by atoms with Gasteiger partial charge in [0, 0.05) is 6.54 Å². The average molecular weight is 253 g/mol. The zero-order valence-electron chi connectivity index (χ0n) is 10.5. The molecule has 7 nitrogen and oxygen atoms in total. The van der Waals surface area contributed by atoms with Crippen LogP contribution in [0.15, 0.2) is 9.59 Å². The Labute approximate surface area is 104 Å². The van der Waals surface area contributed by atoms with Crippen molar-refractivity contribution >= 4 is 5.82 Å². The van der Waals surface area contributed by atoms with Crippen LogP contribution in [0.3, 0.4) is 0 Å². The van der Waals surface area contributed by atoms with E-state index in [1.165, 1.54) is 6.42 Å². The highest BCUT2D eigenvalue weighted by atomic mass is 16.2. The molecule has 0 amide bonds. The van der Waals surface area contributed by atoms with E-state index >= 15 is 0 Å². The molecule has 0 aromatic carbocycles. The lowest BCUT2D eigenvalue weighted by atomic mass is 9.76. The molecule has 0 saturated heterocycles. The Kier molecular flexibility index (Phi) is 3.51. The van der Waals surface area contributed by atoms with Crippen LogP contribution in [0.4, 0.5) is 5.82 Å². The Bertz CT molecular complexity index is 523. The highest BCUT2D eigenvalue weighted by Crippen LogP contribution is 2.33. The summed E-state index contributed by atoms with van der Waals surface area (Å²) in [5.41, 5.74) is 4.44. The molecule has 1 saturated carbocycles. The second kappa shape index (κ2) is 4.93. The third-order valence-corrected chi connectivity index (χ3v) is 3.58. The van der Waals surface area contributed by atoms with Gasteiger partial charge in [0.05, 0.1) is 5.54 Å². The van der Waals surface area contributed by atoms with Crippen molar-refractivity contribution in [1.29, 1.82) is 0 Å². The minimum absolute atomic E-state index is 0.133. The minimum Gasteiger partial charge on any atom is -0.357 e. The maximum Gasteiger partial charge on any atom is 0.342 e. The number of rotatable bonds is 3. The first-order valence-electron chi connectivity index (χ1n) is 6.22. The fourth-order valence-electron chi connectivity index (χ4n) is 2.69. The number of hydrogen-bond acceptors (Lipinski definition) is 5. The zero-order chi connectivity index (χ0) is 13.2. The van der Waals surface area contributed by atoms with E-state index in [1.807, 2.05) is 0 Å². The van der Waals surface area contributed by atoms with Crippen molar-refractivity contribution in [3.05, 3.63) is 20.8 Å². The van der Waals surface area contributed by atoms with Crippen LogP contribution < -0.4 is 22.3 Å². The van der Waals surface area contributed by atoms with Crippen LogP contribution in [0.5, 0.6) is 0 Å². The Morgan fingerprint density at radius 2 is 2.33 bits per heavy atom. The van der Waals surface area contributed by atoms with Gasteiger partial charge in [-0.15, -0.1) is 5.10 Å². The number of nitrogens with zero attached hydrogens (tertiary/aromatic N) is 1. The second-order valence-electron chi connectivity index (χ2n) is 5.17. The molecule has 0 spiro atoms. The van der Waals surface area contributed by atoms with E-state index in [0.29, 0.717) is 12.5 Å². The molecule has 2 rings (SSSR count). The maximum absolute atomic E-state index is 11.6. The highest BCUT2D eigenvalue weighted by molar-refractivity contribution is 5.34. The summed E-state index contributed by atoms with van der Waals surface area (Å²) >= 11 is 0. The lowest BCUT2D eigenvalue weighted by molar-refractivity contribution is 0.263. The first-order valence-corrected chi connectivity index (χ1v) is 6.22. The van der Waals surface area contributed by atoms with Crippen molar-refractivity contribution in [3.63, 3.8) is 0 Å². The van der Waals surface area contributed by atoms with Crippen molar-refractivity contribution in [2.24, 2.45) is 11.7 Å². The summed E-state index contributed by atoms with van der Waals surface area (Å²) in [5.74, 6) is 0.700. The van der Waals surface area contributed by atoms with E-state index in [1.54, 1.807) is 0 Å². The molecule has 0 bridgehead atoms. The first kappa shape index (κ1) is 12.8. The summed E-state index contributed by atoms with van der Waals surface area (Å²) in [6.07, 6.45) is 4.07. The second-order valence-corrected chi connectivity index (χ2v) is 5.17. The molecule has 0 radical (unpaired) electrons. The van der Waals surface area contributed by atoms with Crippen LogP contribution in [0, 0.1) is 5.92 Å².